The number of carbonyl (C=O) groups excluding carboxylic acids is 1. The van der Waals surface area contributed by atoms with Gasteiger partial charge in [0, 0.05) is 6.42 Å². The summed E-state index contributed by atoms with van der Waals surface area (Å²) >= 11 is 0. The first-order chi connectivity index (χ1) is 5.60. The van der Waals surface area contributed by atoms with Crippen molar-refractivity contribution in [2.75, 3.05) is 0 Å². The summed E-state index contributed by atoms with van der Waals surface area (Å²) in [6.45, 7) is 8.09. The van der Waals surface area contributed by atoms with Gasteiger partial charge in [-0.3, -0.25) is 4.79 Å². The lowest BCUT2D eigenvalue weighted by atomic mass is 10.1. The molecule has 0 fully saturated rings. The van der Waals surface area contributed by atoms with Crippen LogP contribution in [-0.4, -0.2) is 12.1 Å². The first-order valence-corrected chi connectivity index (χ1v) is 4.79. The van der Waals surface area contributed by atoms with Gasteiger partial charge in [0.05, 0.1) is 6.10 Å². The van der Waals surface area contributed by atoms with Crippen LogP contribution in [-0.2, 0) is 9.53 Å². The fourth-order valence-electron chi connectivity index (χ4n) is 0.785. The van der Waals surface area contributed by atoms with Crippen LogP contribution in [0.4, 0.5) is 0 Å². The molecule has 0 aromatic rings. The zero-order valence-corrected chi connectivity index (χ0v) is 8.59. The Morgan fingerprint density at radius 3 is 2.25 bits per heavy atom. The molecule has 0 saturated heterocycles. The molecule has 2 nitrogen and oxygen atoms in total. The maximum atomic E-state index is 11.2. The minimum absolute atomic E-state index is 0.0568. The highest BCUT2D eigenvalue weighted by Crippen LogP contribution is 2.09. The van der Waals surface area contributed by atoms with E-state index in [4.69, 9.17) is 4.74 Å². The largest absolute Gasteiger partial charge is 0.463 e. The van der Waals surface area contributed by atoms with E-state index in [1.165, 1.54) is 0 Å². The zero-order valence-electron chi connectivity index (χ0n) is 8.59. The number of hydrogen-bond donors (Lipinski definition) is 0. The minimum Gasteiger partial charge on any atom is -0.463 e. The molecule has 0 N–H and O–H groups in total. The molecule has 2 atom stereocenters. The second-order valence-corrected chi connectivity index (χ2v) is 3.43. The molecule has 0 rings (SSSR count). The molecule has 0 spiro atoms. The van der Waals surface area contributed by atoms with Crippen LogP contribution in [0.3, 0.4) is 0 Å². The highest BCUT2D eigenvalue weighted by Gasteiger charge is 2.10. The third kappa shape index (κ3) is 5.16. The molecule has 0 amide bonds. The summed E-state index contributed by atoms with van der Waals surface area (Å²) < 4.78 is 5.13. The van der Waals surface area contributed by atoms with E-state index in [0.717, 1.165) is 12.8 Å². The van der Waals surface area contributed by atoms with Crippen molar-refractivity contribution >= 4 is 5.97 Å². The van der Waals surface area contributed by atoms with Crippen LogP contribution < -0.4 is 0 Å². The van der Waals surface area contributed by atoms with Crippen molar-refractivity contribution < 1.29 is 9.53 Å². The Labute approximate surface area is 75.3 Å². The monoisotopic (exact) mass is 172 g/mol. The Bertz CT molecular complexity index is 118. The summed E-state index contributed by atoms with van der Waals surface area (Å²) in [7, 11) is 0. The highest BCUT2D eigenvalue weighted by molar-refractivity contribution is 5.69. The van der Waals surface area contributed by atoms with Gasteiger partial charge in [-0.25, -0.2) is 0 Å². The van der Waals surface area contributed by atoms with Crippen LogP contribution in [0.2, 0.25) is 0 Å². The van der Waals surface area contributed by atoms with Crippen molar-refractivity contribution in [3.8, 4) is 0 Å². The fourth-order valence-corrected chi connectivity index (χ4v) is 0.785. The molecule has 0 aliphatic carbocycles. The Morgan fingerprint density at radius 1 is 1.25 bits per heavy atom. The first-order valence-electron chi connectivity index (χ1n) is 4.79. The Hall–Kier alpha value is -0.530. The van der Waals surface area contributed by atoms with Crippen molar-refractivity contribution in [3.05, 3.63) is 0 Å². The third-order valence-corrected chi connectivity index (χ3v) is 2.12. The predicted octanol–water partition coefficient (Wildman–Crippen LogP) is 2.76. The molecule has 0 saturated carbocycles. The molecule has 72 valence electrons. The van der Waals surface area contributed by atoms with Crippen molar-refractivity contribution in [3.63, 3.8) is 0 Å². The average molecular weight is 172 g/mol. The van der Waals surface area contributed by atoms with E-state index in [-0.39, 0.29) is 12.1 Å². The number of hydrogen-bond acceptors (Lipinski definition) is 2. The van der Waals surface area contributed by atoms with Gasteiger partial charge in [-0.2, -0.15) is 0 Å². The van der Waals surface area contributed by atoms with Crippen molar-refractivity contribution in [1.82, 2.24) is 0 Å². The van der Waals surface area contributed by atoms with E-state index in [1.54, 1.807) is 0 Å². The van der Waals surface area contributed by atoms with E-state index in [2.05, 4.69) is 13.8 Å². The summed E-state index contributed by atoms with van der Waals surface area (Å²) in [5.74, 6) is 0.389. The molecule has 0 bridgehead atoms. The number of carbonyl (C=O) groups is 1. The van der Waals surface area contributed by atoms with Gasteiger partial charge in [0.25, 0.3) is 0 Å². The molecular formula is C10H20O2. The summed E-state index contributed by atoms with van der Waals surface area (Å²) in [6, 6.07) is 0. The summed E-state index contributed by atoms with van der Waals surface area (Å²) in [5, 5.41) is 0. The maximum absolute atomic E-state index is 11.2. The SMILES string of the molecule is CCC(C)CC(=O)OC(C)CC. The van der Waals surface area contributed by atoms with Gasteiger partial charge in [0.2, 0.25) is 0 Å². The predicted molar refractivity (Wildman–Crippen MR) is 49.9 cm³/mol. The number of ether oxygens (including phenoxy) is 1. The minimum atomic E-state index is -0.0568. The van der Waals surface area contributed by atoms with Gasteiger partial charge in [0.15, 0.2) is 0 Å². The first kappa shape index (κ1) is 11.5. The van der Waals surface area contributed by atoms with Crippen molar-refractivity contribution in [2.24, 2.45) is 5.92 Å². The molecule has 0 aliphatic rings. The molecule has 0 heterocycles. The van der Waals surface area contributed by atoms with Crippen LogP contribution in [0.15, 0.2) is 0 Å². The molecular weight excluding hydrogens is 152 g/mol. The maximum Gasteiger partial charge on any atom is 0.306 e. The molecule has 0 radical (unpaired) electrons. The smallest absolute Gasteiger partial charge is 0.306 e. The number of esters is 1. The van der Waals surface area contributed by atoms with E-state index in [0.29, 0.717) is 12.3 Å². The lowest BCUT2D eigenvalue weighted by Crippen LogP contribution is -2.15. The summed E-state index contributed by atoms with van der Waals surface area (Å²) in [4.78, 5) is 11.2. The van der Waals surface area contributed by atoms with E-state index >= 15 is 0 Å². The van der Waals surface area contributed by atoms with Gasteiger partial charge >= 0.3 is 5.97 Å². The number of rotatable bonds is 5. The topological polar surface area (TPSA) is 26.3 Å². The van der Waals surface area contributed by atoms with Crippen LogP contribution >= 0.6 is 0 Å². The van der Waals surface area contributed by atoms with Gasteiger partial charge in [-0.15, -0.1) is 0 Å². The second-order valence-electron chi connectivity index (χ2n) is 3.43. The summed E-state index contributed by atoms with van der Waals surface area (Å²) in [5.41, 5.74) is 0. The summed E-state index contributed by atoms with van der Waals surface area (Å²) in [6.07, 6.45) is 2.56. The Morgan fingerprint density at radius 2 is 1.83 bits per heavy atom. The van der Waals surface area contributed by atoms with Crippen LogP contribution in [0.5, 0.6) is 0 Å². The fraction of sp³-hybridized carbons (Fsp3) is 0.900. The van der Waals surface area contributed by atoms with Gasteiger partial charge < -0.3 is 4.74 Å². The van der Waals surface area contributed by atoms with Crippen LogP contribution in [0, 0.1) is 5.92 Å². The third-order valence-electron chi connectivity index (χ3n) is 2.12. The molecule has 2 unspecified atom stereocenters. The lowest BCUT2D eigenvalue weighted by Gasteiger charge is -2.12. The molecule has 0 aromatic heterocycles. The van der Waals surface area contributed by atoms with E-state index in [9.17, 15) is 4.79 Å². The molecule has 0 aromatic carbocycles. The van der Waals surface area contributed by atoms with Crippen molar-refractivity contribution in [1.29, 1.82) is 0 Å². The lowest BCUT2D eigenvalue weighted by molar-refractivity contribution is -0.149. The molecule has 2 heteroatoms. The van der Waals surface area contributed by atoms with E-state index < -0.39 is 0 Å². The van der Waals surface area contributed by atoms with Crippen LogP contribution in [0.25, 0.3) is 0 Å². The average Bonchev–Trinajstić information content (AvgIpc) is 2.03. The van der Waals surface area contributed by atoms with Crippen LogP contribution in [0.1, 0.15) is 47.0 Å². The Kier molecular flexibility index (Phi) is 5.77. The van der Waals surface area contributed by atoms with Gasteiger partial charge in [0.1, 0.15) is 0 Å². The second kappa shape index (κ2) is 6.04. The zero-order chi connectivity index (χ0) is 9.56. The quantitative estimate of drug-likeness (QED) is 0.596. The molecule has 0 aliphatic heterocycles. The standard InChI is InChI=1S/C10H20O2/c1-5-8(3)7-10(11)12-9(4)6-2/h8-9H,5-7H2,1-4H3. The van der Waals surface area contributed by atoms with Gasteiger partial charge in [-0.1, -0.05) is 27.2 Å². The highest BCUT2D eigenvalue weighted by atomic mass is 16.5. The van der Waals surface area contributed by atoms with Gasteiger partial charge in [-0.05, 0) is 19.3 Å². The molecule has 12 heavy (non-hydrogen) atoms. The normalized spacial score (nSPS) is 15.3. The van der Waals surface area contributed by atoms with Crippen molar-refractivity contribution in [2.45, 2.75) is 53.1 Å². The Balaban J connectivity index is 3.59. The van der Waals surface area contributed by atoms with E-state index in [1.807, 2.05) is 13.8 Å².